The molecule has 1 fully saturated rings. The minimum absolute atomic E-state index is 0.151. The number of amides is 1. The lowest BCUT2D eigenvalue weighted by atomic mass is 10.0. The standard InChI is InChI=1S/C14H14F3N3O/c1-2-12-13(21)19-5-6-20(12)10-3-4-11(14(15,16)17)9(7-10)8-18/h3-4,7,12H,2,5-6H2,1H3,(H,19,21). The summed E-state index contributed by atoms with van der Waals surface area (Å²) in [6.45, 7) is 2.76. The molecule has 0 bridgehead atoms. The predicted molar refractivity (Wildman–Crippen MR) is 70.6 cm³/mol. The second-order valence-corrected chi connectivity index (χ2v) is 4.75. The first-order chi connectivity index (χ1) is 9.88. The fourth-order valence-corrected chi connectivity index (χ4v) is 2.48. The molecular weight excluding hydrogens is 283 g/mol. The minimum Gasteiger partial charge on any atom is -0.358 e. The third-order valence-electron chi connectivity index (χ3n) is 3.48. The smallest absolute Gasteiger partial charge is 0.358 e. The van der Waals surface area contributed by atoms with Gasteiger partial charge < -0.3 is 10.2 Å². The Hall–Kier alpha value is -2.23. The van der Waals surface area contributed by atoms with E-state index in [-0.39, 0.29) is 5.91 Å². The number of alkyl halides is 3. The molecule has 1 aromatic rings. The first-order valence-corrected chi connectivity index (χ1v) is 6.54. The highest BCUT2D eigenvalue weighted by Crippen LogP contribution is 2.34. The number of hydrogen-bond donors (Lipinski definition) is 1. The van der Waals surface area contributed by atoms with Crippen LogP contribution in [0.5, 0.6) is 0 Å². The van der Waals surface area contributed by atoms with E-state index in [1.165, 1.54) is 12.1 Å². The number of nitrogens with one attached hydrogen (secondary N) is 1. The molecule has 1 amide bonds. The van der Waals surface area contributed by atoms with Crippen LogP contribution in [0, 0.1) is 11.3 Å². The maximum Gasteiger partial charge on any atom is 0.417 e. The summed E-state index contributed by atoms with van der Waals surface area (Å²) in [7, 11) is 0. The molecule has 1 atom stereocenters. The number of carbonyl (C=O) groups is 1. The number of halogens is 3. The molecule has 0 radical (unpaired) electrons. The van der Waals surface area contributed by atoms with E-state index >= 15 is 0 Å². The molecule has 1 aromatic carbocycles. The molecule has 0 aromatic heterocycles. The van der Waals surface area contributed by atoms with E-state index in [0.29, 0.717) is 25.2 Å². The van der Waals surface area contributed by atoms with Crippen molar-refractivity contribution in [3.05, 3.63) is 29.3 Å². The first kappa shape index (κ1) is 15.2. The van der Waals surface area contributed by atoms with E-state index in [4.69, 9.17) is 5.26 Å². The normalized spacial score (nSPS) is 19.1. The van der Waals surface area contributed by atoms with Crippen LogP contribution in [0.2, 0.25) is 0 Å². The molecule has 1 N–H and O–H groups in total. The van der Waals surface area contributed by atoms with Crippen molar-refractivity contribution >= 4 is 11.6 Å². The fraction of sp³-hybridized carbons (Fsp3) is 0.429. The Bertz CT molecular complexity index is 592. The second kappa shape index (κ2) is 5.64. The van der Waals surface area contributed by atoms with Gasteiger partial charge in [0, 0.05) is 18.8 Å². The van der Waals surface area contributed by atoms with E-state index in [1.54, 1.807) is 11.0 Å². The summed E-state index contributed by atoms with van der Waals surface area (Å²) in [5, 5.41) is 11.7. The number of rotatable bonds is 2. The first-order valence-electron chi connectivity index (χ1n) is 6.54. The molecule has 7 heteroatoms. The van der Waals surface area contributed by atoms with Gasteiger partial charge >= 0.3 is 6.18 Å². The van der Waals surface area contributed by atoms with Gasteiger partial charge in [0.15, 0.2) is 0 Å². The van der Waals surface area contributed by atoms with Gasteiger partial charge in [-0.15, -0.1) is 0 Å². The van der Waals surface area contributed by atoms with Crippen molar-refractivity contribution in [3.8, 4) is 6.07 Å². The Morgan fingerprint density at radius 2 is 2.19 bits per heavy atom. The number of piperazine rings is 1. The Morgan fingerprint density at radius 3 is 2.76 bits per heavy atom. The number of carbonyl (C=O) groups excluding carboxylic acids is 1. The maximum absolute atomic E-state index is 12.8. The molecule has 0 spiro atoms. The number of nitriles is 1. The zero-order valence-corrected chi connectivity index (χ0v) is 11.4. The van der Waals surface area contributed by atoms with E-state index in [2.05, 4.69) is 5.32 Å². The van der Waals surface area contributed by atoms with E-state index < -0.39 is 23.3 Å². The van der Waals surface area contributed by atoms with Crippen LogP contribution in [0.3, 0.4) is 0 Å². The van der Waals surface area contributed by atoms with Crippen LogP contribution < -0.4 is 10.2 Å². The summed E-state index contributed by atoms with van der Waals surface area (Å²) >= 11 is 0. The highest BCUT2D eigenvalue weighted by molar-refractivity contribution is 5.86. The summed E-state index contributed by atoms with van der Waals surface area (Å²) in [6, 6.07) is 4.55. The van der Waals surface area contributed by atoms with Crippen LogP contribution in [0.4, 0.5) is 18.9 Å². The van der Waals surface area contributed by atoms with Crippen LogP contribution in [0.15, 0.2) is 18.2 Å². The lowest BCUT2D eigenvalue weighted by Crippen LogP contribution is -2.55. The molecule has 21 heavy (non-hydrogen) atoms. The van der Waals surface area contributed by atoms with Gasteiger partial charge in [-0.1, -0.05) is 6.92 Å². The summed E-state index contributed by atoms with van der Waals surface area (Å²) in [5.74, 6) is -0.151. The van der Waals surface area contributed by atoms with Crippen molar-refractivity contribution in [1.82, 2.24) is 5.32 Å². The van der Waals surface area contributed by atoms with Gasteiger partial charge in [-0.2, -0.15) is 18.4 Å². The minimum atomic E-state index is -4.56. The van der Waals surface area contributed by atoms with Gasteiger partial charge in [-0.3, -0.25) is 4.79 Å². The van der Waals surface area contributed by atoms with Gasteiger partial charge in [0.2, 0.25) is 5.91 Å². The summed E-state index contributed by atoms with van der Waals surface area (Å²) in [5.41, 5.74) is -0.926. The Balaban J connectivity index is 2.41. The van der Waals surface area contributed by atoms with Crippen LogP contribution in [-0.2, 0) is 11.0 Å². The summed E-state index contributed by atoms with van der Waals surface area (Å²) < 4.78 is 38.4. The van der Waals surface area contributed by atoms with Crippen molar-refractivity contribution in [2.45, 2.75) is 25.6 Å². The lowest BCUT2D eigenvalue weighted by molar-refractivity contribution is -0.137. The molecule has 4 nitrogen and oxygen atoms in total. The molecule has 112 valence electrons. The van der Waals surface area contributed by atoms with Crippen molar-refractivity contribution < 1.29 is 18.0 Å². The molecular formula is C14H14F3N3O. The van der Waals surface area contributed by atoms with E-state index in [1.807, 2.05) is 6.92 Å². The van der Waals surface area contributed by atoms with Crippen LogP contribution in [0.1, 0.15) is 24.5 Å². The highest BCUT2D eigenvalue weighted by Gasteiger charge is 2.35. The predicted octanol–water partition coefficient (Wildman–Crippen LogP) is 2.29. The summed E-state index contributed by atoms with van der Waals surface area (Å²) in [6.07, 6.45) is -4.03. The number of benzene rings is 1. The topological polar surface area (TPSA) is 56.1 Å². The zero-order valence-electron chi connectivity index (χ0n) is 11.4. The van der Waals surface area contributed by atoms with Crippen molar-refractivity contribution in [3.63, 3.8) is 0 Å². The van der Waals surface area contributed by atoms with E-state index in [0.717, 1.165) is 6.07 Å². The number of anilines is 1. The van der Waals surface area contributed by atoms with Crippen molar-refractivity contribution in [2.75, 3.05) is 18.0 Å². The van der Waals surface area contributed by atoms with Gasteiger partial charge in [-0.05, 0) is 24.6 Å². The van der Waals surface area contributed by atoms with Gasteiger partial charge in [0.25, 0.3) is 0 Å². The zero-order chi connectivity index (χ0) is 15.6. The van der Waals surface area contributed by atoms with Gasteiger partial charge in [0.1, 0.15) is 6.04 Å². The molecule has 1 saturated heterocycles. The van der Waals surface area contributed by atoms with E-state index in [9.17, 15) is 18.0 Å². The Kier molecular flexibility index (Phi) is 4.07. The quantitative estimate of drug-likeness (QED) is 0.911. The maximum atomic E-state index is 12.8. The van der Waals surface area contributed by atoms with Crippen LogP contribution in [0.25, 0.3) is 0 Å². The average Bonchev–Trinajstić information content (AvgIpc) is 2.45. The molecule has 0 saturated carbocycles. The average molecular weight is 297 g/mol. The molecule has 1 unspecified atom stereocenters. The van der Waals surface area contributed by atoms with Crippen molar-refractivity contribution in [1.29, 1.82) is 5.26 Å². The largest absolute Gasteiger partial charge is 0.417 e. The second-order valence-electron chi connectivity index (χ2n) is 4.75. The highest BCUT2D eigenvalue weighted by atomic mass is 19.4. The number of nitrogens with zero attached hydrogens (tertiary/aromatic N) is 2. The monoisotopic (exact) mass is 297 g/mol. The molecule has 2 rings (SSSR count). The molecule has 1 aliphatic rings. The third-order valence-corrected chi connectivity index (χ3v) is 3.48. The molecule has 1 aliphatic heterocycles. The fourth-order valence-electron chi connectivity index (χ4n) is 2.48. The number of hydrogen-bond acceptors (Lipinski definition) is 3. The Labute approximate surface area is 120 Å². The molecule has 1 heterocycles. The lowest BCUT2D eigenvalue weighted by Gasteiger charge is -2.36. The van der Waals surface area contributed by atoms with Crippen LogP contribution >= 0.6 is 0 Å². The third kappa shape index (κ3) is 2.94. The molecule has 0 aliphatic carbocycles. The van der Waals surface area contributed by atoms with Gasteiger partial charge in [0.05, 0.1) is 17.2 Å². The SMILES string of the molecule is CCC1C(=O)NCCN1c1ccc(C(F)(F)F)c(C#N)c1. The van der Waals surface area contributed by atoms with Gasteiger partial charge in [-0.25, -0.2) is 0 Å². The van der Waals surface area contributed by atoms with Crippen molar-refractivity contribution in [2.24, 2.45) is 0 Å². The summed E-state index contributed by atoms with van der Waals surface area (Å²) in [4.78, 5) is 13.5. The van der Waals surface area contributed by atoms with Crippen LogP contribution in [-0.4, -0.2) is 25.0 Å². The Morgan fingerprint density at radius 1 is 1.48 bits per heavy atom.